The van der Waals surface area contributed by atoms with Crippen molar-refractivity contribution >= 4 is 17.5 Å². The number of pyridine rings is 1. The summed E-state index contributed by atoms with van der Waals surface area (Å²) >= 11 is 0. The Bertz CT molecular complexity index is 703. The first kappa shape index (κ1) is 16.5. The predicted molar refractivity (Wildman–Crippen MR) is 77.0 cm³/mol. The van der Waals surface area contributed by atoms with E-state index >= 15 is 0 Å². The molecule has 23 heavy (non-hydrogen) atoms. The second-order valence-electron chi connectivity index (χ2n) is 4.54. The van der Waals surface area contributed by atoms with Gasteiger partial charge in [0.1, 0.15) is 6.54 Å². The second kappa shape index (κ2) is 6.91. The van der Waals surface area contributed by atoms with Crippen LogP contribution >= 0.6 is 0 Å². The maximum absolute atomic E-state index is 12.2. The summed E-state index contributed by atoms with van der Waals surface area (Å²) in [5.41, 5.74) is 0.313. The van der Waals surface area contributed by atoms with Gasteiger partial charge in [-0.15, -0.1) is 0 Å². The van der Waals surface area contributed by atoms with Gasteiger partial charge in [0.2, 0.25) is 0 Å². The van der Waals surface area contributed by atoms with Gasteiger partial charge in [0.05, 0.1) is 16.8 Å². The van der Waals surface area contributed by atoms with Crippen LogP contribution in [0.25, 0.3) is 0 Å². The quantitative estimate of drug-likeness (QED) is 0.908. The number of anilines is 1. The number of nitrogens with zero attached hydrogens (tertiary/aromatic N) is 1. The van der Waals surface area contributed by atoms with E-state index in [0.29, 0.717) is 0 Å². The third-order valence-electron chi connectivity index (χ3n) is 2.79. The highest BCUT2D eigenvalue weighted by atomic mass is 19.4. The maximum atomic E-state index is 12.2. The topological polar surface area (TPSA) is 71.1 Å². The molecule has 0 saturated carbocycles. The Hall–Kier alpha value is -2.90. The molecule has 0 aliphatic rings. The highest BCUT2D eigenvalue weighted by Gasteiger charge is 2.28. The van der Waals surface area contributed by atoms with Crippen LogP contribution in [0, 0.1) is 0 Å². The molecule has 120 valence electrons. The van der Waals surface area contributed by atoms with Crippen molar-refractivity contribution in [3.05, 3.63) is 59.9 Å². The first-order chi connectivity index (χ1) is 10.9. The summed E-state index contributed by atoms with van der Waals surface area (Å²) in [6, 6.07) is 8.88. The van der Waals surface area contributed by atoms with Crippen LogP contribution < -0.4 is 10.6 Å². The molecule has 0 spiro atoms. The van der Waals surface area contributed by atoms with Gasteiger partial charge in [0.15, 0.2) is 0 Å². The number of nitrogens with one attached hydrogen (secondary N) is 2. The number of benzene rings is 1. The maximum Gasteiger partial charge on any atom is 0.405 e. The SMILES string of the molecule is O=C(Nc1ccccc1C(=O)NCC(F)(F)F)c1cccnc1. The molecule has 5 nitrogen and oxygen atoms in total. The van der Waals surface area contributed by atoms with Crippen molar-refractivity contribution in [3.8, 4) is 0 Å². The summed E-state index contributed by atoms with van der Waals surface area (Å²) < 4.78 is 36.5. The number of carbonyl (C=O) groups is 2. The van der Waals surface area contributed by atoms with Gasteiger partial charge in [-0.2, -0.15) is 13.2 Å². The Morgan fingerprint density at radius 1 is 1.04 bits per heavy atom. The van der Waals surface area contributed by atoms with Crippen LogP contribution in [0.15, 0.2) is 48.8 Å². The van der Waals surface area contributed by atoms with Gasteiger partial charge in [-0.1, -0.05) is 12.1 Å². The lowest BCUT2D eigenvalue weighted by Crippen LogP contribution is -2.34. The third kappa shape index (κ3) is 4.80. The number of rotatable bonds is 4. The normalized spacial score (nSPS) is 10.9. The molecule has 1 aromatic heterocycles. The summed E-state index contributed by atoms with van der Waals surface area (Å²) in [6.45, 7) is -1.45. The minimum Gasteiger partial charge on any atom is -0.343 e. The fraction of sp³-hybridized carbons (Fsp3) is 0.133. The van der Waals surface area contributed by atoms with Gasteiger partial charge in [0.25, 0.3) is 11.8 Å². The molecule has 0 aliphatic heterocycles. The molecule has 2 N–H and O–H groups in total. The lowest BCUT2D eigenvalue weighted by molar-refractivity contribution is -0.123. The lowest BCUT2D eigenvalue weighted by Gasteiger charge is -2.12. The Labute approximate surface area is 129 Å². The molecule has 0 fully saturated rings. The number of hydrogen-bond acceptors (Lipinski definition) is 3. The Balaban J connectivity index is 2.14. The van der Waals surface area contributed by atoms with E-state index in [1.54, 1.807) is 17.4 Å². The highest BCUT2D eigenvalue weighted by Crippen LogP contribution is 2.17. The smallest absolute Gasteiger partial charge is 0.343 e. The number of aromatic nitrogens is 1. The Morgan fingerprint density at radius 3 is 2.43 bits per heavy atom. The van der Waals surface area contributed by atoms with Gasteiger partial charge in [-0.3, -0.25) is 14.6 Å². The zero-order chi connectivity index (χ0) is 16.9. The summed E-state index contributed by atoms with van der Waals surface area (Å²) in [7, 11) is 0. The standard InChI is InChI=1S/C15H12F3N3O2/c16-15(17,18)9-20-14(23)11-5-1-2-6-12(11)21-13(22)10-4-3-7-19-8-10/h1-8H,9H2,(H,20,23)(H,21,22). The van der Waals surface area contributed by atoms with E-state index in [9.17, 15) is 22.8 Å². The van der Waals surface area contributed by atoms with Crippen molar-refractivity contribution in [1.82, 2.24) is 10.3 Å². The molecule has 2 amide bonds. The van der Waals surface area contributed by atoms with Crippen LogP contribution in [0.4, 0.5) is 18.9 Å². The molecule has 0 saturated heterocycles. The number of para-hydroxylation sites is 1. The average Bonchev–Trinajstić information content (AvgIpc) is 2.53. The summed E-state index contributed by atoms with van der Waals surface area (Å²) in [5.74, 6) is -1.45. The summed E-state index contributed by atoms with van der Waals surface area (Å²) in [5, 5.41) is 4.25. The number of carbonyl (C=O) groups excluding carboxylic acids is 2. The Kier molecular flexibility index (Phi) is 4.95. The molecule has 1 heterocycles. The van der Waals surface area contributed by atoms with Gasteiger partial charge >= 0.3 is 6.18 Å². The van der Waals surface area contributed by atoms with E-state index in [4.69, 9.17) is 0 Å². The van der Waals surface area contributed by atoms with E-state index in [1.165, 1.54) is 36.7 Å². The molecule has 0 aliphatic carbocycles. The highest BCUT2D eigenvalue weighted by molar-refractivity contribution is 6.08. The van der Waals surface area contributed by atoms with Crippen LogP contribution in [-0.2, 0) is 0 Å². The molecule has 8 heteroatoms. The average molecular weight is 323 g/mol. The van der Waals surface area contributed by atoms with Gasteiger partial charge < -0.3 is 10.6 Å². The number of hydrogen-bond donors (Lipinski definition) is 2. The van der Waals surface area contributed by atoms with Crippen molar-refractivity contribution in [2.24, 2.45) is 0 Å². The molecule has 2 aromatic rings. The van der Waals surface area contributed by atoms with Crippen LogP contribution in [0.1, 0.15) is 20.7 Å². The van der Waals surface area contributed by atoms with E-state index in [-0.39, 0.29) is 16.8 Å². The summed E-state index contributed by atoms with van der Waals surface area (Å²) in [4.78, 5) is 27.7. The first-order valence-electron chi connectivity index (χ1n) is 6.52. The molecular formula is C15H12F3N3O2. The number of halogens is 3. The van der Waals surface area contributed by atoms with E-state index in [0.717, 1.165) is 0 Å². The van der Waals surface area contributed by atoms with Crippen LogP contribution in [0.2, 0.25) is 0 Å². The van der Waals surface area contributed by atoms with E-state index in [1.807, 2.05) is 0 Å². The molecule has 1 aromatic carbocycles. The van der Waals surface area contributed by atoms with Crippen LogP contribution in [-0.4, -0.2) is 29.5 Å². The first-order valence-corrected chi connectivity index (χ1v) is 6.52. The predicted octanol–water partition coefficient (Wildman–Crippen LogP) is 2.63. The molecule has 0 bridgehead atoms. The molecular weight excluding hydrogens is 311 g/mol. The van der Waals surface area contributed by atoms with Crippen molar-refractivity contribution < 1.29 is 22.8 Å². The number of amides is 2. The number of alkyl halides is 3. The van der Waals surface area contributed by atoms with Gasteiger partial charge in [0, 0.05) is 12.4 Å². The molecule has 0 atom stereocenters. The zero-order valence-electron chi connectivity index (χ0n) is 11.7. The third-order valence-corrected chi connectivity index (χ3v) is 2.79. The lowest BCUT2D eigenvalue weighted by atomic mass is 10.1. The van der Waals surface area contributed by atoms with Gasteiger partial charge in [-0.25, -0.2) is 0 Å². The second-order valence-corrected chi connectivity index (χ2v) is 4.54. The monoisotopic (exact) mass is 323 g/mol. The van der Waals surface area contributed by atoms with Crippen molar-refractivity contribution in [3.63, 3.8) is 0 Å². The van der Waals surface area contributed by atoms with Crippen molar-refractivity contribution in [2.45, 2.75) is 6.18 Å². The van der Waals surface area contributed by atoms with Crippen LogP contribution in [0.5, 0.6) is 0 Å². The van der Waals surface area contributed by atoms with E-state index < -0.39 is 24.5 Å². The fourth-order valence-electron chi connectivity index (χ4n) is 1.76. The fourth-order valence-corrected chi connectivity index (χ4v) is 1.76. The minimum absolute atomic E-state index is 0.0611. The Morgan fingerprint density at radius 2 is 1.78 bits per heavy atom. The summed E-state index contributed by atoms with van der Waals surface area (Å²) in [6.07, 6.45) is -1.68. The molecule has 0 unspecified atom stereocenters. The van der Waals surface area contributed by atoms with Crippen molar-refractivity contribution in [1.29, 1.82) is 0 Å². The van der Waals surface area contributed by atoms with Gasteiger partial charge in [-0.05, 0) is 24.3 Å². The molecule has 2 rings (SSSR count). The minimum atomic E-state index is -4.51. The van der Waals surface area contributed by atoms with Crippen LogP contribution in [0.3, 0.4) is 0 Å². The zero-order valence-corrected chi connectivity index (χ0v) is 11.7. The van der Waals surface area contributed by atoms with E-state index in [2.05, 4.69) is 10.3 Å². The molecule has 0 radical (unpaired) electrons. The van der Waals surface area contributed by atoms with Crippen molar-refractivity contribution in [2.75, 3.05) is 11.9 Å². The largest absolute Gasteiger partial charge is 0.405 e.